The van der Waals surface area contributed by atoms with Crippen LogP contribution in [-0.4, -0.2) is 24.5 Å². The number of fused-ring (bicyclic) bond motifs is 1. The van der Waals surface area contributed by atoms with E-state index < -0.39 is 0 Å². The molecule has 1 aromatic heterocycles. The monoisotopic (exact) mass is 336 g/mol. The molecule has 2 aromatic carbocycles. The van der Waals surface area contributed by atoms with Gasteiger partial charge in [-0.05, 0) is 55.2 Å². The summed E-state index contributed by atoms with van der Waals surface area (Å²) in [5, 5.41) is 4.19. The lowest BCUT2D eigenvalue weighted by Crippen LogP contribution is -2.27. The van der Waals surface area contributed by atoms with Gasteiger partial charge in [-0.3, -0.25) is 4.79 Å². The standard InChI is InChI=1S/C21H24N2O2/c1-14-6-4-5-7-16(14)12-21(24)22-11-10-18-15(2)23-20-9-8-17(25-3)13-19(18)20/h4-9,13,23H,10-12H2,1-3H3,(H,22,24). The van der Waals surface area contributed by atoms with Crippen LogP contribution < -0.4 is 10.1 Å². The molecule has 130 valence electrons. The molecule has 25 heavy (non-hydrogen) atoms. The number of nitrogens with one attached hydrogen (secondary N) is 2. The number of aromatic nitrogens is 1. The van der Waals surface area contributed by atoms with Gasteiger partial charge in [-0.2, -0.15) is 0 Å². The van der Waals surface area contributed by atoms with Gasteiger partial charge >= 0.3 is 0 Å². The van der Waals surface area contributed by atoms with Crippen molar-refractivity contribution in [2.45, 2.75) is 26.7 Å². The Morgan fingerprint density at radius 2 is 1.96 bits per heavy atom. The summed E-state index contributed by atoms with van der Waals surface area (Å²) in [5.74, 6) is 0.903. The van der Waals surface area contributed by atoms with Crippen LogP contribution in [0, 0.1) is 13.8 Å². The number of amides is 1. The third kappa shape index (κ3) is 3.85. The Labute approximate surface area is 148 Å². The molecular formula is C21H24N2O2. The van der Waals surface area contributed by atoms with E-state index in [2.05, 4.69) is 17.2 Å². The fourth-order valence-corrected chi connectivity index (χ4v) is 3.18. The molecule has 4 nitrogen and oxygen atoms in total. The van der Waals surface area contributed by atoms with Crippen molar-refractivity contribution in [3.8, 4) is 5.75 Å². The lowest BCUT2D eigenvalue weighted by Gasteiger charge is -2.08. The lowest BCUT2D eigenvalue weighted by molar-refractivity contribution is -0.120. The van der Waals surface area contributed by atoms with E-state index in [9.17, 15) is 4.79 Å². The number of methoxy groups -OCH3 is 1. The number of H-pyrrole nitrogens is 1. The summed E-state index contributed by atoms with van der Waals surface area (Å²) < 4.78 is 5.32. The van der Waals surface area contributed by atoms with Gasteiger partial charge in [-0.1, -0.05) is 24.3 Å². The minimum atomic E-state index is 0.0596. The summed E-state index contributed by atoms with van der Waals surface area (Å²) in [5.41, 5.74) is 5.69. The highest BCUT2D eigenvalue weighted by Crippen LogP contribution is 2.26. The molecule has 1 amide bonds. The average Bonchev–Trinajstić information content (AvgIpc) is 2.92. The van der Waals surface area contributed by atoms with Crippen molar-refractivity contribution in [3.05, 3.63) is 64.8 Å². The Morgan fingerprint density at radius 3 is 2.72 bits per heavy atom. The first-order valence-electron chi connectivity index (χ1n) is 8.55. The molecule has 1 heterocycles. The number of rotatable bonds is 6. The highest BCUT2D eigenvalue weighted by atomic mass is 16.5. The van der Waals surface area contributed by atoms with Gasteiger partial charge in [0.15, 0.2) is 0 Å². The lowest BCUT2D eigenvalue weighted by atomic mass is 10.1. The van der Waals surface area contributed by atoms with E-state index in [0.717, 1.165) is 39.9 Å². The van der Waals surface area contributed by atoms with Gasteiger partial charge in [-0.25, -0.2) is 0 Å². The van der Waals surface area contributed by atoms with Crippen LogP contribution in [-0.2, 0) is 17.6 Å². The number of ether oxygens (including phenoxy) is 1. The van der Waals surface area contributed by atoms with E-state index in [-0.39, 0.29) is 5.91 Å². The molecule has 4 heteroatoms. The van der Waals surface area contributed by atoms with Gasteiger partial charge < -0.3 is 15.0 Å². The summed E-state index contributed by atoms with van der Waals surface area (Å²) in [6.07, 6.45) is 1.21. The second-order valence-corrected chi connectivity index (χ2v) is 6.34. The molecule has 0 saturated heterocycles. The van der Waals surface area contributed by atoms with Crippen molar-refractivity contribution < 1.29 is 9.53 Å². The van der Waals surface area contributed by atoms with E-state index in [4.69, 9.17) is 4.74 Å². The topological polar surface area (TPSA) is 54.1 Å². The van der Waals surface area contributed by atoms with Crippen molar-refractivity contribution in [3.63, 3.8) is 0 Å². The molecule has 0 aliphatic carbocycles. The van der Waals surface area contributed by atoms with E-state index >= 15 is 0 Å². The van der Waals surface area contributed by atoms with Crippen LogP contribution >= 0.6 is 0 Å². The van der Waals surface area contributed by atoms with Gasteiger partial charge in [0.25, 0.3) is 0 Å². The van der Waals surface area contributed by atoms with Crippen molar-refractivity contribution in [2.24, 2.45) is 0 Å². The van der Waals surface area contributed by atoms with E-state index in [0.29, 0.717) is 13.0 Å². The number of hydrogen-bond acceptors (Lipinski definition) is 2. The maximum atomic E-state index is 12.2. The molecule has 3 rings (SSSR count). The van der Waals surface area contributed by atoms with Gasteiger partial charge in [-0.15, -0.1) is 0 Å². The van der Waals surface area contributed by atoms with Crippen molar-refractivity contribution in [1.29, 1.82) is 0 Å². The van der Waals surface area contributed by atoms with Crippen LogP contribution in [0.25, 0.3) is 10.9 Å². The average molecular weight is 336 g/mol. The third-order valence-corrected chi connectivity index (χ3v) is 4.64. The fourth-order valence-electron chi connectivity index (χ4n) is 3.18. The van der Waals surface area contributed by atoms with E-state index in [1.807, 2.05) is 49.4 Å². The normalized spacial score (nSPS) is 10.8. The third-order valence-electron chi connectivity index (χ3n) is 4.64. The largest absolute Gasteiger partial charge is 0.497 e. The summed E-state index contributed by atoms with van der Waals surface area (Å²) in [4.78, 5) is 15.6. The summed E-state index contributed by atoms with van der Waals surface area (Å²) in [7, 11) is 1.67. The second-order valence-electron chi connectivity index (χ2n) is 6.34. The first kappa shape index (κ1) is 17.1. The first-order chi connectivity index (χ1) is 12.1. The molecule has 0 radical (unpaired) electrons. The maximum Gasteiger partial charge on any atom is 0.224 e. The zero-order chi connectivity index (χ0) is 17.8. The maximum absolute atomic E-state index is 12.2. The molecule has 0 fully saturated rings. The second kappa shape index (κ2) is 7.43. The number of carbonyl (C=O) groups excluding carboxylic acids is 1. The van der Waals surface area contributed by atoms with E-state index in [1.165, 1.54) is 5.56 Å². The molecule has 0 bridgehead atoms. The predicted octanol–water partition coefficient (Wildman–Crippen LogP) is 3.69. The van der Waals surface area contributed by atoms with Gasteiger partial charge in [0.05, 0.1) is 13.5 Å². The molecule has 0 aliphatic heterocycles. The Hall–Kier alpha value is -2.75. The fraction of sp³-hybridized carbons (Fsp3) is 0.286. The van der Waals surface area contributed by atoms with Crippen molar-refractivity contribution >= 4 is 16.8 Å². The molecule has 0 atom stereocenters. The summed E-state index contributed by atoms with van der Waals surface area (Å²) in [6.45, 7) is 4.72. The Bertz CT molecular complexity index is 896. The molecule has 2 N–H and O–H groups in total. The smallest absolute Gasteiger partial charge is 0.224 e. The molecular weight excluding hydrogens is 312 g/mol. The molecule has 0 saturated carbocycles. The van der Waals surface area contributed by atoms with Crippen LogP contribution in [0.15, 0.2) is 42.5 Å². The van der Waals surface area contributed by atoms with Gasteiger partial charge in [0.2, 0.25) is 5.91 Å². The van der Waals surface area contributed by atoms with Crippen LogP contribution in [0.3, 0.4) is 0 Å². The van der Waals surface area contributed by atoms with Crippen LogP contribution in [0.1, 0.15) is 22.4 Å². The minimum absolute atomic E-state index is 0.0596. The number of carbonyl (C=O) groups is 1. The molecule has 0 aliphatic rings. The Morgan fingerprint density at radius 1 is 1.16 bits per heavy atom. The number of hydrogen-bond donors (Lipinski definition) is 2. The minimum Gasteiger partial charge on any atom is -0.497 e. The van der Waals surface area contributed by atoms with Crippen molar-refractivity contribution in [2.75, 3.05) is 13.7 Å². The first-order valence-corrected chi connectivity index (χ1v) is 8.55. The summed E-state index contributed by atoms with van der Waals surface area (Å²) >= 11 is 0. The zero-order valence-corrected chi connectivity index (χ0v) is 15.0. The predicted molar refractivity (Wildman–Crippen MR) is 101 cm³/mol. The van der Waals surface area contributed by atoms with Gasteiger partial charge in [0, 0.05) is 23.1 Å². The van der Waals surface area contributed by atoms with Crippen LogP contribution in [0.5, 0.6) is 5.75 Å². The Balaban J connectivity index is 1.64. The van der Waals surface area contributed by atoms with Crippen molar-refractivity contribution in [1.82, 2.24) is 10.3 Å². The SMILES string of the molecule is COc1ccc2[nH]c(C)c(CCNC(=O)Cc3ccccc3C)c2c1. The molecule has 3 aromatic rings. The molecule has 0 unspecified atom stereocenters. The highest BCUT2D eigenvalue weighted by molar-refractivity contribution is 5.86. The number of aromatic amines is 1. The zero-order valence-electron chi connectivity index (χ0n) is 15.0. The van der Waals surface area contributed by atoms with E-state index in [1.54, 1.807) is 7.11 Å². The summed E-state index contributed by atoms with van der Waals surface area (Å²) in [6, 6.07) is 14.0. The quantitative estimate of drug-likeness (QED) is 0.721. The van der Waals surface area contributed by atoms with Crippen LogP contribution in [0.4, 0.5) is 0 Å². The van der Waals surface area contributed by atoms with Gasteiger partial charge in [0.1, 0.15) is 5.75 Å². The molecule has 0 spiro atoms. The Kier molecular flexibility index (Phi) is 5.08. The number of aryl methyl sites for hydroxylation is 2. The number of benzene rings is 2. The van der Waals surface area contributed by atoms with Crippen LogP contribution in [0.2, 0.25) is 0 Å². The highest BCUT2D eigenvalue weighted by Gasteiger charge is 2.10.